The normalized spacial score (nSPS) is 10.7. The summed E-state index contributed by atoms with van der Waals surface area (Å²) in [5.41, 5.74) is 8.42. The van der Waals surface area contributed by atoms with Crippen molar-refractivity contribution in [1.82, 2.24) is 9.97 Å². The van der Waals surface area contributed by atoms with Crippen LogP contribution in [0.5, 0.6) is 11.6 Å². The van der Waals surface area contributed by atoms with E-state index in [-0.39, 0.29) is 0 Å². The predicted molar refractivity (Wildman–Crippen MR) is 82.9 cm³/mol. The second-order valence-corrected chi connectivity index (χ2v) is 5.28. The van der Waals surface area contributed by atoms with E-state index in [9.17, 15) is 0 Å². The van der Waals surface area contributed by atoms with Gasteiger partial charge >= 0.3 is 0 Å². The van der Waals surface area contributed by atoms with Gasteiger partial charge in [0.2, 0.25) is 5.88 Å². The minimum atomic E-state index is 0.530. The van der Waals surface area contributed by atoms with Crippen LogP contribution in [0.15, 0.2) is 47.2 Å². The van der Waals surface area contributed by atoms with Crippen molar-refractivity contribution in [2.75, 3.05) is 5.73 Å². The van der Waals surface area contributed by atoms with Crippen LogP contribution in [0, 0.1) is 6.92 Å². The van der Waals surface area contributed by atoms with E-state index in [0.717, 1.165) is 20.9 Å². The average molecular weight is 330 g/mol. The maximum absolute atomic E-state index is 5.95. The van der Waals surface area contributed by atoms with Gasteiger partial charge in [-0.05, 0) is 52.7 Å². The molecule has 0 unspecified atom stereocenters. The highest BCUT2D eigenvalue weighted by molar-refractivity contribution is 9.10. The number of nitrogens with two attached hydrogens (primary N) is 1. The molecular formula is C15H12BrN3O. The summed E-state index contributed by atoms with van der Waals surface area (Å²) in [5, 5.41) is 0.874. The van der Waals surface area contributed by atoms with E-state index in [4.69, 9.17) is 10.5 Å². The van der Waals surface area contributed by atoms with Crippen LogP contribution >= 0.6 is 15.9 Å². The Balaban J connectivity index is 2.06. The Hall–Kier alpha value is -2.14. The summed E-state index contributed by atoms with van der Waals surface area (Å²) in [6.45, 7) is 1.98. The van der Waals surface area contributed by atoms with Gasteiger partial charge in [0.1, 0.15) is 5.52 Å². The number of hydrogen-bond donors (Lipinski definition) is 1. The first-order valence-electron chi connectivity index (χ1n) is 6.08. The van der Waals surface area contributed by atoms with E-state index in [1.165, 1.54) is 0 Å². The molecule has 4 nitrogen and oxygen atoms in total. The molecule has 0 aliphatic heterocycles. The summed E-state index contributed by atoms with van der Waals surface area (Å²) in [4.78, 5) is 8.57. The molecule has 20 heavy (non-hydrogen) atoms. The summed E-state index contributed by atoms with van der Waals surface area (Å²) < 4.78 is 6.78. The highest BCUT2D eigenvalue weighted by atomic mass is 79.9. The van der Waals surface area contributed by atoms with Crippen molar-refractivity contribution in [3.63, 3.8) is 0 Å². The van der Waals surface area contributed by atoms with Crippen LogP contribution < -0.4 is 10.5 Å². The fourth-order valence-corrected chi connectivity index (χ4v) is 2.15. The lowest BCUT2D eigenvalue weighted by molar-refractivity contribution is 0.466. The van der Waals surface area contributed by atoms with Crippen LogP contribution in [0.2, 0.25) is 0 Å². The molecule has 5 heteroatoms. The largest absolute Gasteiger partial charge is 0.437 e. The zero-order chi connectivity index (χ0) is 14.1. The molecule has 2 N–H and O–H groups in total. The number of rotatable bonds is 2. The second-order valence-electron chi connectivity index (χ2n) is 4.43. The Morgan fingerprint density at radius 2 is 2.05 bits per heavy atom. The van der Waals surface area contributed by atoms with Gasteiger partial charge in [-0.2, -0.15) is 0 Å². The minimum Gasteiger partial charge on any atom is -0.437 e. The van der Waals surface area contributed by atoms with Crippen LogP contribution in [-0.4, -0.2) is 9.97 Å². The summed E-state index contributed by atoms with van der Waals surface area (Å²) in [5.74, 6) is 1.17. The number of aromatic nitrogens is 2. The van der Waals surface area contributed by atoms with Gasteiger partial charge in [0.05, 0.1) is 0 Å². The van der Waals surface area contributed by atoms with Crippen molar-refractivity contribution in [3.05, 3.63) is 52.8 Å². The third-order valence-electron chi connectivity index (χ3n) is 3.00. The molecule has 2 heterocycles. The molecule has 1 aromatic carbocycles. The molecule has 100 valence electrons. The average Bonchev–Trinajstić information content (AvgIpc) is 2.46. The fraction of sp³-hybridized carbons (Fsp3) is 0.0667. The first-order chi connectivity index (χ1) is 9.65. The van der Waals surface area contributed by atoms with Crippen LogP contribution in [-0.2, 0) is 0 Å². The van der Waals surface area contributed by atoms with Gasteiger partial charge in [0.15, 0.2) is 5.75 Å². The van der Waals surface area contributed by atoms with Gasteiger partial charge in [-0.25, -0.2) is 4.98 Å². The van der Waals surface area contributed by atoms with Gasteiger partial charge in [-0.1, -0.05) is 0 Å². The maximum Gasteiger partial charge on any atom is 0.219 e. The summed E-state index contributed by atoms with van der Waals surface area (Å²) in [6.07, 6.45) is 3.44. The van der Waals surface area contributed by atoms with Crippen LogP contribution in [0.25, 0.3) is 10.9 Å². The van der Waals surface area contributed by atoms with Crippen molar-refractivity contribution in [2.45, 2.75) is 6.92 Å². The van der Waals surface area contributed by atoms with Gasteiger partial charge < -0.3 is 10.5 Å². The lowest BCUT2D eigenvalue weighted by Crippen LogP contribution is -1.94. The lowest BCUT2D eigenvalue weighted by Gasteiger charge is -2.09. The molecule has 0 radical (unpaired) electrons. The highest BCUT2D eigenvalue weighted by Crippen LogP contribution is 2.31. The van der Waals surface area contributed by atoms with Gasteiger partial charge in [-0.15, -0.1) is 0 Å². The fourth-order valence-electron chi connectivity index (χ4n) is 1.93. The zero-order valence-corrected chi connectivity index (χ0v) is 12.4. The van der Waals surface area contributed by atoms with Gasteiger partial charge in [-0.3, -0.25) is 4.98 Å². The number of halogens is 1. The number of benzene rings is 1. The Morgan fingerprint density at radius 1 is 1.20 bits per heavy atom. The van der Waals surface area contributed by atoms with E-state index in [0.29, 0.717) is 17.3 Å². The van der Waals surface area contributed by atoms with E-state index >= 15 is 0 Å². The third-order valence-corrected chi connectivity index (χ3v) is 3.83. The molecule has 0 atom stereocenters. The molecule has 0 bridgehead atoms. The number of hydrogen-bond acceptors (Lipinski definition) is 4. The number of fused-ring (bicyclic) bond motifs is 1. The van der Waals surface area contributed by atoms with E-state index in [1.54, 1.807) is 12.4 Å². The molecule has 0 amide bonds. The Morgan fingerprint density at radius 3 is 2.85 bits per heavy atom. The summed E-state index contributed by atoms with van der Waals surface area (Å²) in [6, 6.07) is 9.26. The Labute approximate surface area is 124 Å². The summed E-state index contributed by atoms with van der Waals surface area (Å²) in [7, 11) is 0. The monoisotopic (exact) mass is 329 g/mol. The molecule has 0 saturated carbocycles. The minimum absolute atomic E-state index is 0.530. The van der Waals surface area contributed by atoms with E-state index in [2.05, 4.69) is 25.9 Å². The topological polar surface area (TPSA) is 61.0 Å². The number of nitrogen functional groups attached to an aromatic ring is 1. The van der Waals surface area contributed by atoms with Crippen LogP contribution in [0.3, 0.4) is 0 Å². The SMILES string of the molecule is Cc1cc(Oc2ccc(N)c3cccnc23)ncc1Br. The van der Waals surface area contributed by atoms with E-state index in [1.807, 2.05) is 37.3 Å². The van der Waals surface area contributed by atoms with Crippen LogP contribution in [0.1, 0.15) is 5.56 Å². The highest BCUT2D eigenvalue weighted by Gasteiger charge is 2.08. The van der Waals surface area contributed by atoms with Gasteiger partial charge in [0, 0.05) is 34.0 Å². The first kappa shape index (κ1) is 12.9. The molecule has 3 aromatic rings. The maximum atomic E-state index is 5.95. The van der Waals surface area contributed by atoms with Gasteiger partial charge in [0.25, 0.3) is 0 Å². The molecule has 0 saturated heterocycles. The zero-order valence-electron chi connectivity index (χ0n) is 10.8. The van der Waals surface area contributed by atoms with Crippen molar-refractivity contribution >= 4 is 32.5 Å². The molecule has 2 aromatic heterocycles. The van der Waals surface area contributed by atoms with E-state index < -0.39 is 0 Å². The molecule has 0 aliphatic carbocycles. The number of pyridine rings is 2. The first-order valence-corrected chi connectivity index (χ1v) is 6.87. The number of ether oxygens (including phenoxy) is 1. The van der Waals surface area contributed by atoms with Crippen molar-refractivity contribution in [2.24, 2.45) is 0 Å². The number of anilines is 1. The Kier molecular flexibility index (Phi) is 3.28. The predicted octanol–water partition coefficient (Wildman–Crippen LogP) is 4.08. The molecule has 0 aliphatic rings. The standard InChI is InChI=1S/C15H12BrN3O/c1-9-7-14(19-8-11(9)16)20-13-5-4-12(17)10-3-2-6-18-15(10)13/h2-8H,17H2,1H3. The second kappa shape index (κ2) is 5.09. The molecule has 0 fully saturated rings. The quantitative estimate of drug-likeness (QED) is 0.720. The molecule has 0 spiro atoms. The molecule has 3 rings (SSSR count). The lowest BCUT2D eigenvalue weighted by atomic mass is 10.1. The summed E-state index contributed by atoms with van der Waals surface area (Å²) >= 11 is 3.42. The van der Waals surface area contributed by atoms with Crippen molar-refractivity contribution < 1.29 is 4.74 Å². The Bertz CT molecular complexity index is 789. The number of nitrogens with zero attached hydrogens (tertiary/aromatic N) is 2. The van der Waals surface area contributed by atoms with Crippen LogP contribution in [0.4, 0.5) is 5.69 Å². The smallest absolute Gasteiger partial charge is 0.219 e. The molecular weight excluding hydrogens is 318 g/mol. The van der Waals surface area contributed by atoms with Crippen molar-refractivity contribution in [3.8, 4) is 11.6 Å². The van der Waals surface area contributed by atoms with Crippen molar-refractivity contribution in [1.29, 1.82) is 0 Å². The number of aryl methyl sites for hydroxylation is 1. The third kappa shape index (κ3) is 2.32.